The molecule has 0 spiro atoms. The van der Waals surface area contributed by atoms with Crippen molar-refractivity contribution in [2.45, 2.75) is 11.9 Å². The molecule has 0 aliphatic heterocycles. The average Bonchev–Trinajstić information content (AvgIpc) is 2.35. The SMILES string of the molecule is COc1ccc(OCCSC(F)(F)F)c(CCN)c1. The molecule has 19 heavy (non-hydrogen) atoms. The molecule has 1 aromatic rings. The van der Waals surface area contributed by atoms with Crippen molar-refractivity contribution in [2.24, 2.45) is 5.73 Å². The quantitative estimate of drug-likeness (QED) is 0.786. The summed E-state index contributed by atoms with van der Waals surface area (Å²) >= 11 is -0.0947. The summed E-state index contributed by atoms with van der Waals surface area (Å²) in [5.41, 5.74) is 2.10. The Hall–Kier alpha value is -1.08. The minimum Gasteiger partial charge on any atom is -0.497 e. The number of methoxy groups -OCH3 is 1. The Balaban J connectivity index is 2.56. The lowest BCUT2D eigenvalue weighted by molar-refractivity contribution is -0.0329. The fraction of sp³-hybridized carbons (Fsp3) is 0.500. The molecule has 0 atom stereocenters. The third-order valence-corrected chi connectivity index (χ3v) is 2.99. The number of nitrogens with two attached hydrogens (primary N) is 1. The predicted octanol–water partition coefficient (Wildman–Crippen LogP) is 2.83. The number of benzene rings is 1. The average molecular weight is 295 g/mol. The molecular weight excluding hydrogens is 279 g/mol. The fourth-order valence-electron chi connectivity index (χ4n) is 1.48. The van der Waals surface area contributed by atoms with Gasteiger partial charge in [-0.2, -0.15) is 13.2 Å². The zero-order chi connectivity index (χ0) is 14.3. The molecule has 0 amide bonds. The van der Waals surface area contributed by atoms with Crippen molar-refractivity contribution in [1.82, 2.24) is 0 Å². The first-order valence-corrected chi connectivity index (χ1v) is 6.65. The lowest BCUT2D eigenvalue weighted by Gasteiger charge is -2.13. The van der Waals surface area contributed by atoms with Gasteiger partial charge in [-0.25, -0.2) is 0 Å². The summed E-state index contributed by atoms with van der Waals surface area (Å²) in [7, 11) is 1.54. The van der Waals surface area contributed by atoms with Crippen molar-refractivity contribution >= 4 is 11.8 Å². The first kappa shape index (κ1) is 16.0. The van der Waals surface area contributed by atoms with Gasteiger partial charge in [0.2, 0.25) is 0 Å². The Morgan fingerprint density at radius 1 is 1.32 bits per heavy atom. The van der Waals surface area contributed by atoms with E-state index in [-0.39, 0.29) is 24.1 Å². The second-order valence-corrected chi connectivity index (χ2v) is 4.81. The van der Waals surface area contributed by atoms with Crippen molar-refractivity contribution < 1.29 is 22.6 Å². The lowest BCUT2D eigenvalue weighted by Crippen LogP contribution is -2.10. The number of alkyl halides is 3. The molecule has 7 heteroatoms. The van der Waals surface area contributed by atoms with E-state index >= 15 is 0 Å². The molecular formula is C12H16F3NO2S. The van der Waals surface area contributed by atoms with E-state index in [0.717, 1.165) is 5.56 Å². The van der Waals surface area contributed by atoms with Crippen LogP contribution in [-0.4, -0.2) is 31.5 Å². The molecule has 0 aliphatic rings. The largest absolute Gasteiger partial charge is 0.497 e. The van der Waals surface area contributed by atoms with Crippen LogP contribution < -0.4 is 15.2 Å². The van der Waals surface area contributed by atoms with Gasteiger partial charge in [0.15, 0.2) is 0 Å². The highest BCUT2D eigenvalue weighted by Gasteiger charge is 2.27. The van der Waals surface area contributed by atoms with Gasteiger partial charge in [0, 0.05) is 5.75 Å². The number of thioether (sulfide) groups is 1. The molecule has 0 unspecified atom stereocenters. The number of halogens is 3. The van der Waals surface area contributed by atoms with Crippen LogP contribution in [0.4, 0.5) is 13.2 Å². The molecule has 2 N–H and O–H groups in total. The van der Waals surface area contributed by atoms with Crippen molar-refractivity contribution in [3.05, 3.63) is 23.8 Å². The van der Waals surface area contributed by atoms with Crippen LogP contribution in [0.15, 0.2) is 18.2 Å². The second-order valence-electron chi connectivity index (χ2n) is 3.65. The zero-order valence-corrected chi connectivity index (χ0v) is 11.3. The van der Waals surface area contributed by atoms with Crippen molar-refractivity contribution in [3.8, 4) is 11.5 Å². The molecule has 108 valence electrons. The van der Waals surface area contributed by atoms with Gasteiger partial charge in [0.25, 0.3) is 0 Å². The first-order valence-electron chi connectivity index (χ1n) is 5.66. The Labute approximate surface area is 114 Å². The molecule has 1 rings (SSSR count). The monoisotopic (exact) mass is 295 g/mol. The van der Waals surface area contributed by atoms with Gasteiger partial charge in [-0.15, -0.1) is 0 Å². The highest BCUT2D eigenvalue weighted by Crippen LogP contribution is 2.30. The summed E-state index contributed by atoms with van der Waals surface area (Å²) in [6, 6.07) is 5.16. The molecule has 0 bridgehead atoms. The maximum Gasteiger partial charge on any atom is 0.441 e. The van der Waals surface area contributed by atoms with Crippen LogP contribution in [-0.2, 0) is 6.42 Å². The Bertz CT molecular complexity index is 399. The van der Waals surface area contributed by atoms with E-state index in [9.17, 15) is 13.2 Å². The smallest absolute Gasteiger partial charge is 0.441 e. The van der Waals surface area contributed by atoms with Crippen LogP contribution >= 0.6 is 11.8 Å². The van der Waals surface area contributed by atoms with Crippen LogP contribution in [0.2, 0.25) is 0 Å². The number of ether oxygens (including phenoxy) is 2. The van der Waals surface area contributed by atoms with E-state index in [0.29, 0.717) is 24.5 Å². The molecule has 0 saturated carbocycles. The molecule has 0 aromatic heterocycles. The summed E-state index contributed by atoms with van der Waals surface area (Å²) in [6.07, 6.45) is 0.582. The minimum absolute atomic E-state index is 0.00588. The van der Waals surface area contributed by atoms with Crippen LogP contribution in [0.5, 0.6) is 11.5 Å². The van der Waals surface area contributed by atoms with Gasteiger partial charge in [0.05, 0.1) is 13.7 Å². The Morgan fingerprint density at radius 2 is 2.05 bits per heavy atom. The number of rotatable bonds is 7. The molecule has 0 saturated heterocycles. The molecule has 0 fully saturated rings. The maximum absolute atomic E-state index is 12.0. The zero-order valence-electron chi connectivity index (χ0n) is 10.5. The lowest BCUT2D eigenvalue weighted by atomic mass is 10.1. The van der Waals surface area contributed by atoms with Crippen molar-refractivity contribution in [3.63, 3.8) is 0 Å². The van der Waals surface area contributed by atoms with E-state index in [1.165, 1.54) is 0 Å². The van der Waals surface area contributed by atoms with E-state index in [4.69, 9.17) is 15.2 Å². The van der Waals surface area contributed by atoms with E-state index < -0.39 is 5.51 Å². The van der Waals surface area contributed by atoms with E-state index in [1.54, 1.807) is 25.3 Å². The van der Waals surface area contributed by atoms with Crippen molar-refractivity contribution in [2.75, 3.05) is 26.0 Å². The molecule has 1 aromatic carbocycles. The highest BCUT2D eigenvalue weighted by molar-refractivity contribution is 8.00. The predicted molar refractivity (Wildman–Crippen MR) is 69.8 cm³/mol. The number of hydrogen-bond acceptors (Lipinski definition) is 4. The van der Waals surface area contributed by atoms with Crippen LogP contribution in [0.1, 0.15) is 5.56 Å². The Morgan fingerprint density at radius 3 is 2.63 bits per heavy atom. The van der Waals surface area contributed by atoms with Gasteiger partial charge >= 0.3 is 5.51 Å². The minimum atomic E-state index is -4.22. The molecule has 3 nitrogen and oxygen atoms in total. The summed E-state index contributed by atoms with van der Waals surface area (Å²) < 4.78 is 46.3. The first-order chi connectivity index (χ1) is 8.96. The maximum atomic E-state index is 12.0. The second kappa shape index (κ2) is 7.49. The number of hydrogen-bond donors (Lipinski definition) is 1. The van der Waals surface area contributed by atoms with Gasteiger partial charge in [0.1, 0.15) is 11.5 Å². The summed E-state index contributed by atoms with van der Waals surface area (Å²) in [5, 5.41) is 0. The van der Waals surface area contributed by atoms with Crippen molar-refractivity contribution in [1.29, 1.82) is 0 Å². The molecule has 0 heterocycles. The van der Waals surface area contributed by atoms with Crippen LogP contribution in [0, 0.1) is 0 Å². The Kier molecular flexibility index (Phi) is 6.30. The highest BCUT2D eigenvalue weighted by atomic mass is 32.2. The summed E-state index contributed by atoms with van der Waals surface area (Å²) in [4.78, 5) is 0. The van der Waals surface area contributed by atoms with E-state index in [2.05, 4.69) is 0 Å². The van der Waals surface area contributed by atoms with Gasteiger partial charge in [-0.05, 0) is 48.5 Å². The summed E-state index contributed by atoms with van der Waals surface area (Å²) in [5.74, 6) is 1.08. The molecule has 0 aliphatic carbocycles. The van der Waals surface area contributed by atoms with Gasteiger partial charge in [-0.1, -0.05) is 0 Å². The topological polar surface area (TPSA) is 44.5 Å². The third kappa shape index (κ3) is 6.07. The molecule has 0 radical (unpaired) electrons. The van der Waals surface area contributed by atoms with Gasteiger partial charge in [-0.3, -0.25) is 0 Å². The van der Waals surface area contributed by atoms with Crippen LogP contribution in [0.25, 0.3) is 0 Å². The van der Waals surface area contributed by atoms with Crippen LogP contribution in [0.3, 0.4) is 0 Å². The van der Waals surface area contributed by atoms with E-state index in [1.807, 2.05) is 0 Å². The standard InChI is InChI=1S/C12H16F3NO2S/c1-17-10-2-3-11(9(8-10)4-5-16)18-6-7-19-12(13,14)15/h2-3,8H,4-7,16H2,1H3. The van der Waals surface area contributed by atoms with Gasteiger partial charge < -0.3 is 15.2 Å². The summed E-state index contributed by atoms with van der Waals surface area (Å²) in [6.45, 7) is 0.426. The fourth-order valence-corrected chi connectivity index (χ4v) is 1.88. The third-order valence-electron chi connectivity index (χ3n) is 2.29. The normalized spacial score (nSPS) is 11.4.